The molecule has 0 aliphatic rings. The van der Waals surface area contributed by atoms with Gasteiger partial charge in [0.2, 0.25) is 11.1 Å². The van der Waals surface area contributed by atoms with E-state index in [0.29, 0.717) is 11.7 Å². The number of tetrazole rings is 1. The Morgan fingerprint density at radius 2 is 2.14 bits per heavy atom. The molecule has 0 spiro atoms. The second-order valence-electron chi connectivity index (χ2n) is 4.73. The lowest BCUT2D eigenvalue weighted by Crippen LogP contribution is -2.32. The Morgan fingerprint density at radius 1 is 1.41 bits per heavy atom. The second-order valence-corrected chi connectivity index (χ2v) is 6.04. The normalized spacial score (nSPS) is 12.0. The Labute approximate surface area is 133 Å². The van der Waals surface area contributed by atoms with Gasteiger partial charge in [-0.3, -0.25) is 4.79 Å². The average Bonchev–Trinajstić information content (AvgIpc) is 2.93. The van der Waals surface area contributed by atoms with Crippen LogP contribution in [0.1, 0.15) is 12.5 Å². The summed E-state index contributed by atoms with van der Waals surface area (Å²) in [7, 11) is 3.39. The number of carbonyl (C=O) groups excluding carboxylic acids is 1. The summed E-state index contributed by atoms with van der Waals surface area (Å²) in [4.78, 5) is 12.0. The van der Waals surface area contributed by atoms with Crippen molar-refractivity contribution in [1.29, 1.82) is 0 Å². The van der Waals surface area contributed by atoms with Crippen LogP contribution in [-0.2, 0) is 18.3 Å². The fraction of sp³-hybridized carbons (Fsp3) is 0.429. The molecular formula is C14H19N5O2S. The molecule has 7 nitrogen and oxygen atoms in total. The number of aryl methyl sites for hydroxylation is 1. The highest BCUT2D eigenvalue weighted by Crippen LogP contribution is 2.19. The predicted molar refractivity (Wildman–Crippen MR) is 83.8 cm³/mol. The van der Waals surface area contributed by atoms with Crippen molar-refractivity contribution in [1.82, 2.24) is 25.5 Å². The third kappa shape index (κ3) is 4.45. The van der Waals surface area contributed by atoms with Crippen LogP contribution in [0.4, 0.5) is 0 Å². The van der Waals surface area contributed by atoms with Crippen molar-refractivity contribution in [2.45, 2.75) is 23.8 Å². The highest BCUT2D eigenvalue weighted by atomic mass is 32.2. The smallest absolute Gasteiger partial charge is 0.233 e. The van der Waals surface area contributed by atoms with Gasteiger partial charge >= 0.3 is 0 Å². The first-order chi connectivity index (χ1) is 10.6. The minimum atomic E-state index is -0.249. The number of thioether (sulfide) groups is 1. The molecule has 2 aromatic rings. The van der Waals surface area contributed by atoms with Gasteiger partial charge in [0.15, 0.2) is 0 Å². The molecule has 1 aromatic carbocycles. The molecule has 0 unspecified atom stereocenters. The molecule has 0 aliphatic carbocycles. The number of hydrogen-bond donors (Lipinski definition) is 1. The molecule has 0 aliphatic heterocycles. The van der Waals surface area contributed by atoms with Crippen molar-refractivity contribution in [2.75, 3.05) is 13.7 Å². The third-order valence-corrected chi connectivity index (χ3v) is 4.23. The quantitative estimate of drug-likeness (QED) is 0.768. The molecule has 1 heterocycles. The molecule has 22 heavy (non-hydrogen) atoms. The maximum Gasteiger partial charge on any atom is 0.233 e. The maximum atomic E-state index is 12.0. The van der Waals surface area contributed by atoms with Gasteiger partial charge in [-0.1, -0.05) is 23.9 Å². The lowest BCUT2D eigenvalue weighted by molar-refractivity contribution is -0.120. The Balaban J connectivity index is 1.75. The molecule has 0 radical (unpaired) electrons. The van der Waals surface area contributed by atoms with Crippen molar-refractivity contribution in [2.24, 2.45) is 7.05 Å². The van der Waals surface area contributed by atoms with Crippen LogP contribution in [0.5, 0.6) is 5.75 Å². The van der Waals surface area contributed by atoms with E-state index in [4.69, 9.17) is 4.74 Å². The van der Waals surface area contributed by atoms with Gasteiger partial charge in [0, 0.05) is 13.6 Å². The van der Waals surface area contributed by atoms with E-state index in [9.17, 15) is 4.79 Å². The molecule has 2 rings (SSSR count). The van der Waals surface area contributed by atoms with Crippen LogP contribution in [0, 0.1) is 0 Å². The number of nitrogens with zero attached hydrogens (tertiary/aromatic N) is 4. The first-order valence-corrected chi connectivity index (χ1v) is 7.77. The van der Waals surface area contributed by atoms with Gasteiger partial charge < -0.3 is 10.1 Å². The van der Waals surface area contributed by atoms with Crippen LogP contribution in [0.25, 0.3) is 0 Å². The number of ether oxygens (including phenoxy) is 1. The summed E-state index contributed by atoms with van der Waals surface area (Å²) in [6.07, 6.45) is 0.776. The lowest BCUT2D eigenvalue weighted by Gasteiger charge is -2.11. The summed E-state index contributed by atoms with van der Waals surface area (Å²) in [5.41, 5.74) is 1.15. The molecule has 0 saturated carbocycles. The van der Waals surface area contributed by atoms with E-state index in [1.165, 1.54) is 11.8 Å². The molecule has 0 bridgehead atoms. The van der Waals surface area contributed by atoms with E-state index in [0.717, 1.165) is 17.7 Å². The van der Waals surface area contributed by atoms with Gasteiger partial charge in [-0.15, -0.1) is 5.10 Å². The van der Waals surface area contributed by atoms with Crippen LogP contribution in [0.3, 0.4) is 0 Å². The lowest BCUT2D eigenvalue weighted by atomic mass is 10.1. The van der Waals surface area contributed by atoms with Crippen LogP contribution in [0.2, 0.25) is 0 Å². The van der Waals surface area contributed by atoms with E-state index in [1.807, 2.05) is 31.2 Å². The number of nitrogens with one attached hydrogen (secondary N) is 1. The zero-order valence-electron chi connectivity index (χ0n) is 12.8. The summed E-state index contributed by atoms with van der Waals surface area (Å²) in [5, 5.41) is 14.4. The van der Waals surface area contributed by atoms with Gasteiger partial charge in [-0.05, 0) is 41.5 Å². The topological polar surface area (TPSA) is 81.9 Å². The zero-order chi connectivity index (χ0) is 15.9. The first-order valence-electron chi connectivity index (χ1n) is 6.90. The third-order valence-electron chi connectivity index (χ3n) is 3.10. The fourth-order valence-electron chi connectivity index (χ4n) is 1.80. The standard InChI is InChI=1S/C14H19N5O2S/c1-10(22-14-16-17-18-19(14)2)13(20)15-9-8-11-4-6-12(21-3)7-5-11/h4-7,10H,8-9H2,1-3H3,(H,15,20)/t10-/m1/s1. The summed E-state index contributed by atoms with van der Waals surface area (Å²) >= 11 is 1.33. The zero-order valence-corrected chi connectivity index (χ0v) is 13.6. The number of methoxy groups -OCH3 is 1. The summed E-state index contributed by atoms with van der Waals surface area (Å²) in [6, 6.07) is 7.82. The van der Waals surface area contributed by atoms with E-state index >= 15 is 0 Å². The monoisotopic (exact) mass is 321 g/mol. The molecule has 1 amide bonds. The first kappa shape index (κ1) is 16.3. The van der Waals surface area contributed by atoms with Gasteiger partial charge in [0.25, 0.3) is 0 Å². The Hall–Kier alpha value is -2.09. The van der Waals surface area contributed by atoms with Crippen LogP contribution in [0.15, 0.2) is 29.4 Å². The molecular weight excluding hydrogens is 302 g/mol. The summed E-state index contributed by atoms with van der Waals surface area (Å²) in [6.45, 7) is 2.43. The van der Waals surface area contributed by atoms with Crippen molar-refractivity contribution >= 4 is 17.7 Å². The number of aromatic nitrogens is 4. The minimum Gasteiger partial charge on any atom is -0.497 e. The van der Waals surface area contributed by atoms with Gasteiger partial charge in [0.05, 0.1) is 12.4 Å². The van der Waals surface area contributed by atoms with E-state index in [-0.39, 0.29) is 11.2 Å². The second kappa shape index (κ2) is 7.79. The molecule has 1 N–H and O–H groups in total. The van der Waals surface area contributed by atoms with Crippen molar-refractivity contribution < 1.29 is 9.53 Å². The molecule has 8 heteroatoms. The van der Waals surface area contributed by atoms with E-state index in [1.54, 1.807) is 18.8 Å². The van der Waals surface area contributed by atoms with Gasteiger partial charge in [-0.2, -0.15) is 0 Å². The highest BCUT2D eigenvalue weighted by Gasteiger charge is 2.17. The summed E-state index contributed by atoms with van der Waals surface area (Å²) in [5.74, 6) is 0.802. The van der Waals surface area contributed by atoms with Crippen LogP contribution in [-0.4, -0.2) is 45.0 Å². The Kier molecular flexibility index (Phi) is 5.76. The minimum absolute atomic E-state index is 0.0264. The molecule has 1 atom stereocenters. The highest BCUT2D eigenvalue weighted by molar-refractivity contribution is 8.00. The van der Waals surface area contributed by atoms with Gasteiger partial charge in [-0.25, -0.2) is 4.68 Å². The van der Waals surface area contributed by atoms with E-state index < -0.39 is 0 Å². The number of amides is 1. The largest absolute Gasteiger partial charge is 0.497 e. The Morgan fingerprint density at radius 3 is 2.73 bits per heavy atom. The average molecular weight is 321 g/mol. The Bertz CT molecular complexity index is 614. The fourth-order valence-corrected chi connectivity index (χ4v) is 2.58. The number of benzene rings is 1. The summed E-state index contributed by atoms with van der Waals surface area (Å²) < 4.78 is 6.66. The van der Waals surface area contributed by atoms with Crippen LogP contribution >= 0.6 is 11.8 Å². The molecule has 0 fully saturated rings. The maximum absolute atomic E-state index is 12.0. The SMILES string of the molecule is COc1ccc(CCNC(=O)[C@@H](C)Sc2nnnn2C)cc1. The predicted octanol–water partition coefficient (Wildman–Crippen LogP) is 1.06. The van der Waals surface area contributed by atoms with Crippen molar-refractivity contribution in [3.8, 4) is 5.75 Å². The molecule has 0 saturated heterocycles. The van der Waals surface area contributed by atoms with Crippen LogP contribution < -0.4 is 10.1 Å². The van der Waals surface area contributed by atoms with Crippen molar-refractivity contribution in [3.05, 3.63) is 29.8 Å². The van der Waals surface area contributed by atoms with Gasteiger partial charge in [0.1, 0.15) is 5.75 Å². The number of rotatable bonds is 7. The molecule has 1 aromatic heterocycles. The molecule has 118 valence electrons. The van der Waals surface area contributed by atoms with Crippen molar-refractivity contribution in [3.63, 3.8) is 0 Å². The number of hydrogen-bond acceptors (Lipinski definition) is 6. The van der Waals surface area contributed by atoms with E-state index in [2.05, 4.69) is 20.8 Å². The number of carbonyl (C=O) groups is 1.